The minimum absolute atomic E-state index is 0.151. The van der Waals surface area contributed by atoms with Crippen molar-refractivity contribution in [1.82, 2.24) is 0 Å². The first-order chi connectivity index (χ1) is 7.60. The van der Waals surface area contributed by atoms with E-state index in [-0.39, 0.29) is 5.31 Å². The van der Waals surface area contributed by atoms with Crippen LogP contribution in [0.2, 0.25) is 0 Å². The van der Waals surface area contributed by atoms with Gasteiger partial charge in [0, 0.05) is 0 Å². The van der Waals surface area contributed by atoms with Gasteiger partial charge in [0.2, 0.25) is 0 Å². The van der Waals surface area contributed by atoms with Crippen molar-refractivity contribution in [2.24, 2.45) is 0 Å². The lowest BCUT2D eigenvalue weighted by Crippen LogP contribution is -2.20. The van der Waals surface area contributed by atoms with Gasteiger partial charge in [-0.1, -0.05) is 55.0 Å². The Kier molecular flexibility index (Phi) is 1.82. The van der Waals surface area contributed by atoms with E-state index in [1.165, 1.54) is 27.8 Å². The van der Waals surface area contributed by atoms with Crippen LogP contribution in [0.25, 0.3) is 11.1 Å². The highest BCUT2D eigenvalue weighted by Crippen LogP contribution is 2.46. The number of benzene rings is 2. The zero-order valence-electron chi connectivity index (χ0n) is 10.0. The van der Waals surface area contributed by atoms with Crippen LogP contribution in [0.1, 0.15) is 23.6 Å². The van der Waals surface area contributed by atoms with Crippen LogP contribution in [0.4, 0.5) is 0 Å². The standard InChI is InChI=1S/C15H15B/c1-10-7-8-12-11-5-3-4-6-13(11)15(2,16)14(12)9-10/h3-9H,16H2,1-2H3. The van der Waals surface area contributed by atoms with Crippen LogP contribution in [-0.4, -0.2) is 7.85 Å². The van der Waals surface area contributed by atoms with Gasteiger partial charge in [0.1, 0.15) is 7.85 Å². The molecule has 0 saturated heterocycles. The molecule has 1 heteroatoms. The van der Waals surface area contributed by atoms with E-state index >= 15 is 0 Å². The third-order valence-electron chi connectivity index (χ3n) is 3.74. The molecule has 0 amide bonds. The highest BCUT2D eigenvalue weighted by molar-refractivity contribution is 6.21. The number of fused-ring (bicyclic) bond motifs is 3. The summed E-state index contributed by atoms with van der Waals surface area (Å²) in [7, 11) is 2.32. The van der Waals surface area contributed by atoms with Gasteiger partial charge < -0.3 is 0 Å². The summed E-state index contributed by atoms with van der Waals surface area (Å²) in [6, 6.07) is 15.6. The summed E-state index contributed by atoms with van der Waals surface area (Å²) < 4.78 is 0. The van der Waals surface area contributed by atoms with Gasteiger partial charge in [-0.3, -0.25) is 0 Å². The smallest absolute Gasteiger partial charge is 0.0619 e. The van der Waals surface area contributed by atoms with E-state index < -0.39 is 0 Å². The Bertz CT molecular complexity index is 567. The molecular formula is C15H15B. The zero-order valence-corrected chi connectivity index (χ0v) is 10.0. The van der Waals surface area contributed by atoms with E-state index in [1.807, 2.05) is 0 Å². The molecule has 0 N–H and O–H groups in total. The molecule has 2 aromatic rings. The molecule has 1 aliphatic carbocycles. The van der Waals surface area contributed by atoms with Crippen molar-refractivity contribution in [1.29, 1.82) is 0 Å². The van der Waals surface area contributed by atoms with Crippen LogP contribution >= 0.6 is 0 Å². The van der Waals surface area contributed by atoms with Gasteiger partial charge in [0.15, 0.2) is 0 Å². The topological polar surface area (TPSA) is 0 Å². The summed E-state index contributed by atoms with van der Waals surface area (Å²) >= 11 is 0. The van der Waals surface area contributed by atoms with Gasteiger partial charge in [-0.2, -0.15) is 0 Å². The van der Waals surface area contributed by atoms with E-state index in [4.69, 9.17) is 0 Å². The molecule has 1 aliphatic rings. The Hall–Kier alpha value is -1.50. The van der Waals surface area contributed by atoms with Gasteiger partial charge in [-0.15, -0.1) is 0 Å². The second-order valence-electron chi connectivity index (χ2n) is 5.22. The van der Waals surface area contributed by atoms with Crippen molar-refractivity contribution >= 4 is 7.85 Å². The molecule has 0 aliphatic heterocycles. The van der Waals surface area contributed by atoms with E-state index in [2.05, 4.69) is 64.2 Å². The van der Waals surface area contributed by atoms with Crippen LogP contribution in [0, 0.1) is 6.92 Å². The summed E-state index contributed by atoms with van der Waals surface area (Å²) in [6.45, 7) is 4.48. The molecule has 1 atom stereocenters. The molecule has 0 radical (unpaired) electrons. The third-order valence-corrected chi connectivity index (χ3v) is 3.74. The molecule has 1 unspecified atom stereocenters. The second-order valence-corrected chi connectivity index (χ2v) is 5.22. The molecule has 2 aromatic carbocycles. The molecule has 3 rings (SSSR count). The van der Waals surface area contributed by atoms with Crippen molar-refractivity contribution in [3.63, 3.8) is 0 Å². The normalized spacial score (nSPS) is 21.6. The van der Waals surface area contributed by atoms with Gasteiger partial charge in [0.25, 0.3) is 0 Å². The van der Waals surface area contributed by atoms with Crippen LogP contribution in [0.5, 0.6) is 0 Å². The predicted molar refractivity (Wildman–Crippen MR) is 71.6 cm³/mol. The van der Waals surface area contributed by atoms with Crippen molar-refractivity contribution in [2.75, 3.05) is 0 Å². The Morgan fingerprint density at radius 2 is 1.62 bits per heavy atom. The van der Waals surface area contributed by atoms with Crippen LogP contribution in [0.3, 0.4) is 0 Å². The molecule has 0 heterocycles. The van der Waals surface area contributed by atoms with E-state index in [0.717, 1.165) is 0 Å². The quantitative estimate of drug-likeness (QED) is 0.581. The fourth-order valence-corrected chi connectivity index (χ4v) is 2.82. The van der Waals surface area contributed by atoms with Crippen LogP contribution < -0.4 is 0 Å². The maximum Gasteiger partial charge on any atom is 0.120 e. The van der Waals surface area contributed by atoms with E-state index in [9.17, 15) is 0 Å². The van der Waals surface area contributed by atoms with Crippen molar-refractivity contribution < 1.29 is 0 Å². The molecule has 78 valence electrons. The van der Waals surface area contributed by atoms with Crippen LogP contribution in [0.15, 0.2) is 42.5 Å². The molecule has 0 nitrogen and oxygen atoms in total. The number of rotatable bonds is 0. The zero-order chi connectivity index (χ0) is 11.3. The molecule has 16 heavy (non-hydrogen) atoms. The first kappa shape index (κ1) is 9.71. The van der Waals surface area contributed by atoms with Gasteiger partial charge >= 0.3 is 0 Å². The minimum atomic E-state index is 0.151. The Labute approximate surface area is 97.7 Å². The summed E-state index contributed by atoms with van der Waals surface area (Å²) in [5, 5.41) is 0.151. The molecule has 0 spiro atoms. The summed E-state index contributed by atoms with van der Waals surface area (Å²) in [5.74, 6) is 0. The summed E-state index contributed by atoms with van der Waals surface area (Å²) in [4.78, 5) is 0. The second kappa shape index (κ2) is 3.01. The maximum absolute atomic E-state index is 2.33. The van der Waals surface area contributed by atoms with Gasteiger partial charge in [0.05, 0.1) is 0 Å². The van der Waals surface area contributed by atoms with Gasteiger partial charge in [-0.25, -0.2) is 0 Å². The first-order valence-corrected chi connectivity index (χ1v) is 5.82. The predicted octanol–water partition coefficient (Wildman–Crippen LogP) is 2.87. The number of hydrogen-bond donors (Lipinski definition) is 0. The fraction of sp³-hybridized carbons (Fsp3) is 0.200. The monoisotopic (exact) mass is 206 g/mol. The Morgan fingerprint density at radius 1 is 0.938 bits per heavy atom. The molecule has 0 fully saturated rings. The highest BCUT2D eigenvalue weighted by Gasteiger charge is 2.34. The highest BCUT2D eigenvalue weighted by atomic mass is 14.3. The minimum Gasteiger partial charge on any atom is -0.0619 e. The Morgan fingerprint density at radius 3 is 2.44 bits per heavy atom. The largest absolute Gasteiger partial charge is 0.120 e. The molecular weight excluding hydrogens is 191 g/mol. The lowest BCUT2D eigenvalue weighted by atomic mass is 9.64. The molecule has 0 aromatic heterocycles. The number of hydrogen-bond acceptors (Lipinski definition) is 0. The van der Waals surface area contributed by atoms with Gasteiger partial charge in [-0.05, 0) is 34.5 Å². The lowest BCUT2D eigenvalue weighted by Gasteiger charge is -2.21. The Balaban J connectivity index is 2.39. The molecule has 0 saturated carbocycles. The van der Waals surface area contributed by atoms with Crippen molar-refractivity contribution in [3.8, 4) is 11.1 Å². The van der Waals surface area contributed by atoms with Crippen LogP contribution in [-0.2, 0) is 5.31 Å². The maximum atomic E-state index is 2.33. The van der Waals surface area contributed by atoms with E-state index in [0.29, 0.717) is 0 Å². The average Bonchev–Trinajstić information content (AvgIpc) is 2.49. The molecule has 0 bridgehead atoms. The summed E-state index contributed by atoms with van der Waals surface area (Å²) in [6.07, 6.45) is 0. The summed E-state index contributed by atoms with van der Waals surface area (Å²) in [5.41, 5.74) is 7.08. The fourth-order valence-electron chi connectivity index (χ4n) is 2.82. The van der Waals surface area contributed by atoms with Crippen molar-refractivity contribution in [2.45, 2.75) is 19.2 Å². The van der Waals surface area contributed by atoms with Crippen molar-refractivity contribution in [3.05, 3.63) is 59.2 Å². The number of aryl methyl sites for hydroxylation is 1. The average molecular weight is 206 g/mol. The first-order valence-electron chi connectivity index (χ1n) is 5.82. The van der Waals surface area contributed by atoms with E-state index in [1.54, 1.807) is 0 Å². The SMILES string of the molecule is BC1(C)c2ccccc2-c2ccc(C)cc21. The lowest BCUT2D eigenvalue weighted by molar-refractivity contribution is 0.848. The third kappa shape index (κ3) is 1.12.